The Labute approximate surface area is 123 Å². The third-order valence-electron chi connectivity index (χ3n) is 3.73. The lowest BCUT2D eigenvalue weighted by molar-refractivity contribution is 0.147. The summed E-state index contributed by atoms with van der Waals surface area (Å²) in [5.41, 5.74) is 0. The summed E-state index contributed by atoms with van der Waals surface area (Å²) in [6.07, 6.45) is 2.76. The van der Waals surface area contributed by atoms with E-state index in [0.29, 0.717) is 24.1 Å². The zero-order chi connectivity index (χ0) is 13.8. The number of methoxy groups -OCH3 is 1. The maximum atomic E-state index is 5.86. The molecule has 0 bridgehead atoms. The number of fused-ring (bicyclic) bond motifs is 1. The van der Waals surface area contributed by atoms with Gasteiger partial charge in [0.15, 0.2) is 4.90 Å². The molecular weight excluding hydrogens is 268 g/mol. The van der Waals surface area contributed by atoms with Gasteiger partial charge >= 0.3 is 0 Å². The quantitative estimate of drug-likeness (QED) is 0.618. The molecule has 0 atom stereocenters. The molecule has 2 aromatic carbocycles. The number of hydrogen-bond acceptors (Lipinski definition) is 2. The molecule has 0 unspecified atom stereocenters. The van der Waals surface area contributed by atoms with Gasteiger partial charge < -0.3 is 9.47 Å². The van der Waals surface area contributed by atoms with Gasteiger partial charge in [0.05, 0.1) is 6.61 Å². The van der Waals surface area contributed by atoms with E-state index < -0.39 is 0 Å². The Morgan fingerprint density at radius 3 is 2.50 bits per heavy atom. The number of benzene rings is 2. The van der Waals surface area contributed by atoms with Crippen molar-refractivity contribution in [2.75, 3.05) is 31.8 Å². The molecule has 1 heterocycles. The van der Waals surface area contributed by atoms with Crippen molar-refractivity contribution < 1.29 is 9.47 Å². The highest BCUT2D eigenvalue weighted by atomic mass is 32.2. The molecule has 0 saturated carbocycles. The van der Waals surface area contributed by atoms with E-state index in [1.807, 2.05) is 0 Å². The topological polar surface area (TPSA) is 18.5 Å². The van der Waals surface area contributed by atoms with E-state index >= 15 is 0 Å². The fourth-order valence-electron chi connectivity index (χ4n) is 2.74. The predicted molar refractivity (Wildman–Crippen MR) is 85.9 cm³/mol. The first-order valence-electron chi connectivity index (χ1n) is 7.21. The van der Waals surface area contributed by atoms with Crippen molar-refractivity contribution in [3.8, 4) is 5.75 Å². The van der Waals surface area contributed by atoms with Gasteiger partial charge in [0.25, 0.3) is 0 Å². The molecule has 0 amide bonds. The van der Waals surface area contributed by atoms with Crippen LogP contribution in [-0.4, -0.2) is 31.8 Å². The average molecular weight is 289 g/mol. The number of rotatable bonds is 5. The van der Waals surface area contributed by atoms with Crippen molar-refractivity contribution >= 4 is 21.7 Å². The van der Waals surface area contributed by atoms with Crippen molar-refractivity contribution in [2.45, 2.75) is 17.7 Å². The standard InChI is InChI=1S/C17H21O2S/c1-18-10-11-19-16-8-4-7-15-14(16)6-5-9-17(15)20-12-2-3-13-20/h4-9H,2-3,10-13H2,1H3/q+1. The Kier molecular flexibility index (Phi) is 4.48. The minimum atomic E-state index is 0.439. The van der Waals surface area contributed by atoms with Crippen LogP contribution in [0.3, 0.4) is 0 Å². The van der Waals surface area contributed by atoms with Gasteiger partial charge in [-0.25, -0.2) is 0 Å². The molecule has 106 valence electrons. The summed E-state index contributed by atoms with van der Waals surface area (Å²) < 4.78 is 10.9. The maximum absolute atomic E-state index is 5.86. The lowest BCUT2D eigenvalue weighted by atomic mass is 10.1. The molecule has 2 aromatic rings. The van der Waals surface area contributed by atoms with Gasteiger partial charge in [-0.2, -0.15) is 0 Å². The van der Waals surface area contributed by atoms with Crippen molar-refractivity contribution in [2.24, 2.45) is 0 Å². The van der Waals surface area contributed by atoms with E-state index in [-0.39, 0.29) is 0 Å². The van der Waals surface area contributed by atoms with E-state index in [9.17, 15) is 0 Å². The lowest BCUT2D eigenvalue weighted by Crippen LogP contribution is -2.06. The van der Waals surface area contributed by atoms with Gasteiger partial charge in [-0.05, 0) is 31.0 Å². The summed E-state index contributed by atoms with van der Waals surface area (Å²) >= 11 is 0. The molecule has 0 spiro atoms. The Bertz CT molecular complexity index is 576. The fourth-order valence-corrected chi connectivity index (χ4v) is 5.25. The highest BCUT2D eigenvalue weighted by Crippen LogP contribution is 2.33. The highest BCUT2D eigenvalue weighted by molar-refractivity contribution is 7.97. The van der Waals surface area contributed by atoms with Crippen molar-refractivity contribution in [3.63, 3.8) is 0 Å². The van der Waals surface area contributed by atoms with Crippen LogP contribution in [0.4, 0.5) is 0 Å². The minimum Gasteiger partial charge on any atom is -0.491 e. The average Bonchev–Trinajstić information content (AvgIpc) is 3.01. The molecule has 1 aliphatic rings. The van der Waals surface area contributed by atoms with Crippen molar-refractivity contribution in [1.29, 1.82) is 0 Å². The normalized spacial score (nSPS) is 15.8. The zero-order valence-corrected chi connectivity index (χ0v) is 12.7. The molecule has 20 heavy (non-hydrogen) atoms. The van der Waals surface area contributed by atoms with Crippen LogP contribution in [0.5, 0.6) is 5.75 Å². The van der Waals surface area contributed by atoms with Crippen molar-refractivity contribution in [3.05, 3.63) is 36.4 Å². The highest BCUT2D eigenvalue weighted by Gasteiger charge is 2.28. The summed E-state index contributed by atoms with van der Waals surface area (Å²) in [7, 11) is 2.14. The summed E-state index contributed by atoms with van der Waals surface area (Å²) in [6.45, 7) is 1.23. The summed E-state index contributed by atoms with van der Waals surface area (Å²) in [4.78, 5) is 1.53. The van der Waals surface area contributed by atoms with Crippen LogP contribution in [0.15, 0.2) is 41.3 Å². The van der Waals surface area contributed by atoms with Crippen LogP contribution in [0.1, 0.15) is 12.8 Å². The molecule has 1 saturated heterocycles. The lowest BCUT2D eigenvalue weighted by Gasteiger charge is -2.10. The molecule has 0 aromatic heterocycles. The van der Waals surface area contributed by atoms with Gasteiger partial charge in [-0.15, -0.1) is 0 Å². The molecule has 0 N–H and O–H groups in total. The fraction of sp³-hybridized carbons (Fsp3) is 0.412. The number of ether oxygens (including phenoxy) is 2. The Morgan fingerprint density at radius 1 is 0.950 bits per heavy atom. The van der Waals surface area contributed by atoms with Crippen molar-refractivity contribution in [1.82, 2.24) is 0 Å². The minimum absolute atomic E-state index is 0.439. The summed E-state index contributed by atoms with van der Waals surface area (Å²) in [5.74, 6) is 3.69. The maximum Gasteiger partial charge on any atom is 0.162 e. The molecule has 3 rings (SSSR count). The third kappa shape index (κ3) is 2.79. The van der Waals surface area contributed by atoms with Gasteiger partial charge in [-0.3, -0.25) is 0 Å². The Balaban J connectivity index is 1.95. The zero-order valence-electron chi connectivity index (χ0n) is 11.9. The van der Waals surface area contributed by atoms with Gasteiger partial charge in [0.1, 0.15) is 23.9 Å². The molecule has 1 fully saturated rings. The molecule has 2 nitrogen and oxygen atoms in total. The van der Waals surface area contributed by atoms with Crippen LogP contribution >= 0.6 is 0 Å². The molecule has 3 heteroatoms. The van der Waals surface area contributed by atoms with Gasteiger partial charge in [-0.1, -0.05) is 18.2 Å². The molecule has 0 radical (unpaired) electrons. The molecular formula is C17H21O2S+. The van der Waals surface area contributed by atoms with Crippen LogP contribution in [-0.2, 0) is 15.6 Å². The van der Waals surface area contributed by atoms with E-state index in [2.05, 4.69) is 36.4 Å². The smallest absolute Gasteiger partial charge is 0.162 e. The second-order valence-electron chi connectivity index (χ2n) is 5.06. The van der Waals surface area contributed by atoms with Crippen LogP contribution in [0.2, 0.25) is 0 Å². The second kappa shape index (κ2) is 6.51. The SMILES string of the molecule is COCCOc1cccc2c([S+]3CCCC3)cccc12. The van der Waals surface area contributed by atoms with Crippen LogP contribution in [0.25, 0.3) is 10.8 Å². The van der Waals surface area contributed by atoms with Crippen LogP contribution in [0, 0.1) is 0 Å². The second-order valence-corrected chi connectivity index (χ2v) is 7.30. The first kappa shape index (κ1) is 13.8. The first-order chi connectivity index (χ1) is 9.90. The van der Waals surface area contributed by atoms with Gasteiger partial charge in [0, 0.05) is 28.8 Å². The predicted octanol–water partition coefficient (Wildman–Crippen LogP) is 3.64. The Morgan fingerprint density at radius 2 is 1.70 bits per heavy atom. The van der Waals surface area contributed by atoms with E-state index in [4.69, 9.17) is 9.47 Å². The Hall–Kier alpha value is -1.19. The first-order valence-corrected chi connectivity index (χ1v) is 8.77. The van der Waals surface area contributed by atoms with Gasteiger partial charge in [0.2, 0.25) is 0 Å². The van der Waals surface area contributed by atoms with Crippen LogP contribution < -0.4 is 4.74 Å². The van der Waals surface area contributed by atoms with E-state index in [0.717, 1.165) is 5.75 Å². The number of hydrogen-bond donors (Lipinski definition) is 0. The summed E-state index contributed by atoms with van der Waals surface area (Å²) in [5, 5.41) is 2.60. The van der Waals surface area contributed by atoms with E-state index in [1.165, 1.54) is 40.0 Å². The molecule has 0 aliphatic carbocycles. The third-order valence-corrected chi connectivity index (χ3v) is 6.27. The monoisotopic (exact) mass is 289 g/mol. The van der Waals surface area contributed by atoms with E-state index in [1.54, 1.807) is 7.11 Å². The molecule has 1 aliphatic heterocycles. The largest absolute Gasteiger partial charge is 0.491 e. The summed E-state index contributed by atoms with van der Waals surface area (Å²) in [6, 6.07) is 13.0.